The maximum atomic E-state index is 12.9. The normalized spacial score (nSPS) is 15.6. The predicted octanol–water partition coefficient (Wildman–Crippen LogP) is 4.82. The first kappa shape index (κ1) is 19.2. The number of nitrogens with one attached hydrogen (secondary N) is 1. The van der Waals surface area contributed by atoms with Crippen LogP contribution in [0.25, 0.3) is 0 Å². The Labute approximate surface area is 174 Å². The van der Waals surface area contributed by atoms with Crippen LogP contribution in [0.2, 0.25) is 5.02 Å². The first-order chi connectivity index (χ1) is 13.7. The van der Waals surface area contributed by atoms with Gasteiger partial charge in [-0.15, -0.1) is 11.3 Å². The van der Waals surface area contributed by atoms with Gasteiger partial charge in [-0.25, -0.2) is 0 Å². The van der Waals surface area contributed by atoms with E-state index in [4.69, 9.17) is 11.6 Å². The first-order valence-electron chi connectivity index (χ1n) is 9.66. The number of hydrogen-bond acceptors (Lipinski definition) is 3. The highest BCUT2D eigenvalue weighted by Gasteiger charge is 2.24. The zero-order valence-corrected chi connectivity index (χ0v) is 17.3. The molecule has 3 aromatic rings. The summed E-state index contributed by atoms with van der Waals surface area (Å²) < 4.78 is 2.01. The highest BCUT2D eigenvalue weighted by Crippen LogP contribution is 2.26. The van der Waals surface area contributed by atoms with Gasteiger partial charge in [0.2, 0.25) is 0 Å². The Balaban J connectivity index is 1.47. The van der Waals surface area contributed by atoms with Crippen LogP contribution < -0.4 is 5.32 Å². The van der Waals surface area contributed by atoms with Crippen molar-refractivity contribution >= 4 is 28.8 Å². The molecule has 0 bridgehead atoms. The quantitative estimate of drug-likeness (QED) is 0.603. The van der Waals surface area contributed by atoms with Crippen molar-refractivity contribution in [1.82, 2.24) is 14.8 Å². The molecule has 4 rings (SSSR count). The van der Waals surface area contributed by atoms with Gasteiger partial charge < -0.3 is 9.88 Å². The predicted molar refractivity (Wildman–Crippen MR) is 115 cm³/mol. The topological polar surface area (TPSA) is 37.3 Å². The number of thiophene rings is 1. The molecule has 1 aliphatic heterocycles. The zero-order valence-electron chi connectivity index (χ0n) is 15.7. The molecule has 0 aliphatic carbocycles. The molecule has 1 atom stereocenters. The number of rotatable bonds is 7. The molecule has 2 aromatic heterocycles. The number of halogens is 1. The van der Waals surface area contributed by atoms with Crippen molar-refractivity contribution in [3.63, 3.8) is 0 Å². The van der Waals surface area contributed by atoms with E-state index in [1.54, 1.807) is 11.3 Å². The molecule has 1 N–H and O–H groups in total. The molecule has 4 nitrogen and oxygen atoms in total. The fourth-order valence-corrected chi connectivity index (χ4v) is 4.73. The van der Waals surface area contributed by atoms with Gasteiger partial charge >= 0.3 is 0 Å². The van der Waals surface area contributed by atoms with Gasteiger partial charge in [0.1, 0.15) is 5.69 Å². The molecule has 6 heteroatoms. The monoisotopic (exact) mass is 413 g/mol. The van der Waals surface area contributed by atoms with Crippen molar-refractivity contribution in [1.29, 1.82) is 0 Å². The molecule has 1 fully saturated rings. The number of likely N-dealkylation sites (tertiary alicyclic amines) is 1. The van der Waals surface area contributed by atoms with Crippen molar-refractivity contribution < 1.29 is 4.79 Å². The van der Waals surface area contributed by atoms with E-state index in [1.807, 2.05) is 47.2 Å². The third-order valence-electron chi connectivity index (χ3n) is 5.24. The average Bonchev–Trinajstić information content (AvgIpc) is 3.45. The van der Waals surface area contributed by atoms with Crippen LogP contribution in [0, 0.1) is 0 Å². The molecular formula is C22H24ClN3OS. The second-order valence-electron chi connectivity index (χ2n) is 7.12. The highest BCUT2D eigenvalue weighted by molar-refractivity contribution is 7.09. The number of benzene rings is 1. The van der Waals surface area contributed by atoms with Crippen molar-refractivity contribution in [2.75, 3.05) is 19.6 Å². The summed E-state index contributed by atoms with van der Waals surface area (Å²) in [4.78, 5) is 16.6. The van der Waals surface area contributed by atoms with Gasteiger partial charge in [-0.1, -0.05) is 29.8 Å². The van der Waals surface area contributed by atoms with E-state index in [0.717, 1.165) is 30.2 Å². The molecule has 1 amide bonds. The van der Waals surface area contributed by atoms with Crippen LogP contribution in [0.3, 0.4) is 0 Å². The summed E-state index contributed by atoms with van der Waals surface area (Å²) in [5.74, 6) is -0.0345. The number of hydrogen-bond donors (Lipinski definition) is 1. The van der Waals surface area contributed by atoms with E-state index in [9.17, 15) is 4.79 Å². The lowest BCUT2D eigenvalue weighted by atomic mass is 10.1. The second-order valence-corrected chi connectivity index (χ2v) is 8.59. The van der Waals surface area contributed by atoms with Crippen molar-refractivity contribution in [2.45, 2.75) is 25.4 Å². The zero-order chi connectivity index (χ0) is 19.3. The molecule has 0 radical (unpaired) electrons. The Morgan fingerprint density at radius 3 is 2.75 bits per heavy atom. The van der Waals surface area contributed by atoms with Crippen LogP contribution in [0.1, 0.15) is 39.8 Å². The molecule has 28 heavy (non-hydrogen) atoms. The van der Waals surface area contributed by atoms with Crippen LogP contribution in [-0.4, -0.2) is 35.0 Å². The van der Waals surface area contributed by atoms with Crippen LogP contribution in [0.15, 0.2) is 60.1 Å². The number of aromatic nitrogens is 1. The molecule has 0 spiro atoms. The summed E-state index contributed by atoms with van der Waals surface area (Å²) in [7, 11) is 0. The SMILES string of the molecule is O=C(NCC(c1cccc(Cl)c1)N1CCCC1)c1cccn1Cc1cccs1. The maximum absolute atomic E-state index is 12.9. The summed E-state index contributed by atoms with van der Waals surface area (Å²) in [5.41, 5.74) is 1.85. The first-order valence-corrected chi connectivity index (χ1v) is 10.9. The highest BCUT2D eigenvalue weighted by atomic mass is 35.5. The Morgan fingerprint density at radius 1 is 1.14 bits per heavy atom. The van der Waals surface area contributed by atoms with Gasteiger partial charge in [0.25, 0.3) is 5.91 Å². The van der Waals surface area contributed by atoms with Gasteiger partial charge in [0, 0.05) is 22.6 Å². The van der Waals surface area contributed by atoms with Gasteiger partial charge in [0.05, 0.1) is 12.6 Å². The molecule has 1 aromatic carbocycles. The van der Waals surface area contributed by atoms with E-state index >= 15 is 0 Å². The van der Waals surface area contributed by atoms with Crippen molar-refractivity contribution in [3.05, 3.63) is 81.3 Å². The number of nitrogens with zero attached hydrogens (tertiary/aromatic N) is 2. The Bertz CT molecular complexity index is 916. The lowest BCUT2D eigenvalue weighted by molar-refractivity contribution is 0.0929. The summed E-state index contributed by atoms with van der Waals surface area (Å²) >= 11 is 7.92. The molecule has 0 saturated carbocycles. The van der Waals surface area contributed by atoms with Crippen LogP contribution in [0.4, 0.5) is 0 Å². The molecule has 1 saturated heterocycles. The summed E-state index contributed by atoms with van der Waals surface area (Å²) in [6.07, 6.45) is 4.37. The number of amides is 1. The minimum atomic E-state index is -0.0345. The molecule has 146 valence electrons. The van der Waals surface area contributed by atoms with E-state index in [2.05, 4.69) is 27.7 Å². The van der Waals surface area contributed by atoms with Crippen LogP contribution in [0.5, 0.6) is 0 Å². The van der Waals surface area contributed by atoms with E-state index in [-0.39, 0.29) is 11.9 Å². The van der Waals surface area contributed by atoms with E-state index < -0.39 is 0 Å². The van der Waals surface area contributed by atoms with E-state index in [0.29, 0.717) is 12.2 Å². The van der Waals surface area contributed by atoms with Gasteiger partial charge in [-0.2, -0.15) is 0 Å². The summed E-state index contributed by atoms with van der Waals surface area (Å²) in [6.45, 7) is 3.41. The fraction of sp³-hybridized carbons (Fsp3) is 0.318. The van der Waals surface area contributed by atoms with Gasteiger partial charge in [0.15, 0.2) is 0 Å². The largest absolute Gasteiger partial charge is 0.349 e. The number of carbonyl (C=O) groups excluding carboxylic acids is 1. The smallest absolute Gasteiger partial charge is 0.267 e. The summed E-state index contributed by atoms with van der Waals surface area (Å²) in [5, 5.41) is 5.95. The minimum absolute atomic E-state index is 0.0345. The van der Waals surface area contributed by atoms with Gasteiger partial charge in [-0.05, 0) is 67.2 Å². The third-order valence-corrected chi connectivity index (χ3v) is 6.34. The van der Waals surface area contributed by atoms with Crippen LogP contribution in [-0.2, 0) is 6.54 Å². The van der Waals surface area contributed by atoms with Gasteiger partial charge in [-0.3, -0.25) is 9.69 Å². The average molecular weight is 414 g/mol. The second kappa shape index (κ2) is 8.95. The Hall–Kier alpha value is -2.08. The van der Waals surface area contributed by atoms with Crippen LogP contribution >= 0.6 is 22.9 Å². The van der Waals surface area contributed by atoms with Crippen molar-refractivity contribution in [2.24, 2.45) is 0 Å². The molecule has 3 heterocycles. The lowest BCUT2D eigenvalue weighted by Crippen LogP contribution is -2.37. The third kappa shape index (κ3) is 4.49. The lowest BCUT2D eigenvalue weighted by Gasteiger charge is -2.28. The standard InChI is InChI=1S/C22H24ClN3OS/c23-18-7-3-6-17(14-18)21(25-10-1-2-11-25)15-24-22(27)20-9-4-12-26(20)16-19-8-5-13-28-19/h3-9,12-14,21H,1-2,10-11,15-16H2,(H,24,27). The maximum Gasteiger partial charge on any atom is 0.267 e. The summed E-state index contributed by atoms with van der Waals surface area (Å²) in [6, 6.07) is 16.1. The molecule has 1 aliphatic rings. The number of carbonyl (C=O) groups is 1. The van der Waals surface area contributed by atoms with Crippen molar-refractivity contribution in [3.8, 4) is 0 Å². The molecule has 1 unspecified atom stereocenters. The van der Waals surface area contributed by atoms with E-state index in [1.165, 1.54) is 17.7 Å². The Kier molecular flexibility index (Phi) is 6.15. The fourth-order valence-electron chi connectivity index (χ4n) is 3.83. The Morgan fingerprint density at radius 2 is 2.00 bits per heavy atom. The molecular weight excluding hydrogens is 390 g/mol. The minimum Gasteiger partial charge on any atom is -0.349 e.